The lowest BCUT2D eigenvalue weighted by molar-refractivity contribution is -0.138. The molecule has 1 N–H and O–H groups in total. The summed E-state index contributed by atoms with van der Waals surface area (Å²) < 4.78 is 5.38. The molecule has 0 aromatic heterocycles. The minimum absolute atomic E-state index is 0.0787. The van der Waals surface area contributed by atoms with Gasteiger partial charge in [-0.1, -0.05) is 29.3 Å². The van der Waals surface area contributed by atoms with Gasteiger partial charge in [-0.15, -0.1) is 0 Å². The Hall–Kier alpha value is -1.56. The van der Waals surface area contributed by atoms with Crippen molar-refractivity contribution in [3.63, 3.8) is 0 Å². The summed E-state index contributed by atoms with van der Waals surface area (Å²) in [5, 5.41) is 10.6. The number of halogens is 2. The minimum atomic E-state index is -0.722. The zero-order valence-electron chi connectivity index (χ0n) is 12.8. The Kier molecular flexibility index (Phi) is 5.68. The van der Waals surface area contributed by atoms with Gasteiger partial charge in [0.15, 0.2) is 5.76 Å². The van der Waals surface area contributed by atoms with Crippen LogP contribution in [0.1, 0.15) is 25.8 Å². The molecule has 0 unspecified atom stereocenters. The van der Waals surface area contributed by atoms with Crippen LogP contribution in [0, 0.1) is 0 Å². The number of amides is 2. The number of hydrogen-bond acceptors (Lipinski definition) is 4. The molecule has 0 atom stereocenters. The molecule has 124 valence electrons. The van der Waals surface area contributed by atoms with Crippen molar-refractivity contribution in [2.45, 2.75) is 26.4 Å². The summed E-state index contributed by atoms with van der Waals surface area (Å²) in [6, 6.07) is 4.50. The Balaban J connectivity index is 2.16. The fourth-order valence-electron chi connectivity index (χ4n) is 2.24. The van der Waals surface area contributed by atoms with E-state index >= 15 is 0 Å². The van der Waals surface area contributed by atoms with Crippen LogP contribution in [0.4, 0.5) is 0 Å². The molecule has 0 bridgehead atoms. The summed E-state index contributed by atoms with van der Waals surface area (Å²) in [4.78, 5) is 25.5. The van der Waals surface area contributed by atoms with Crippen LogP contribution in [0.25, 0.3) is 5.57 Å². The molecule has 0 fully saturated rings. The van der Waals surface area contributed by atoms with Gasteiger partial charge in [0.25, 0.3) is 11.8 Å². The topological polar surface area (TPSA) is 66.8 Å². The van der Waals surface area contributed by atoms with E-state index in [9.17, 15) is 14.7 Å². The normalized spacial score (nSPS) is 15.3. The van der Waals surface area contributed by atoms with Crippen molar-refractivity contribution in [3.05, 3.63) is 39.6 Å². The molecule has 2 rings (SSSR count). The molecule has 0 spiro atoms. The first-order chi connectivity index (χ1) is 10.8. The number of aliphatic hydroxyl groups is 1. The first-order valence-corrected chi connectivity index (χ1v) is 7.95. The van der Waals surface area contributed by atoms with E-state index in [1.54, 1.807) is 6.07 Å². The van der Waals surface area contributed by atoms with Gasteiger partial charge < -0.3 is 9.84 Å². The Morgan fingerprint density at radius 2 is 1.91 bits per heavy atom. The maximum absolute atomic E-state index is 12.4. The van der Waals surface area contributed by atoms with Crippen LogP contribution in [-0.4, -0.2) is 41.1 Å². The zero-order valence-corrected chi connectivity index (χ0v) is 14.3. The highest BCUT2D eigenvalue weighted by Crippen LogP contribution is 2.33. The predicted molar refractivity (Wildman–Crippen MR) is 88.4 cm³/mol. The number of benzene rings is 1. The average molecular weight is 358 g/mol. The summed E-state index contributed by atoms with van der Waals surface area (Å²) >= 11 is 11.9. The molecular weight excluding hydrogens is 341 g/mol. The van der Waals surface area contributed by atoms with Crippen LogP contribution in [0.15, 0.2) is 24.0 Å². The van der Waals surface area contributed by atoms with Gasteiger partial charge in [0.1, 0.15) is 0 Å². The minimum Gasteiger partial charge on any atom is -0.502 e. The van der Waals surface area contributed by atoms with Gasteiger partial charge >= 0.3 is 0 Å². The van der Waals surface area contributed by atoms with Crippen molar-refractivity contribution in [2.75, 3.05) is 13.2 Å². The number of hydrogen-bond donors (Lipinski definition) is 1. The molecule has 0 aliphatic carbocycles. The molecular formula is C16H17Cl2NO4. The third-order valence-corrected chi connectivity index (χ3v) is 3.87. The Morgan fingerprint density at radius 3 is 2.52 bits per heavy atom. The SMILES string of the molecule is CC(C)OCCCN1C(=O)C(O)=C(c2ccc(Cl)cc2Cl)C1=O. The first-order valence-electron chi connectivity index (χ1n) is 7.19. The second-order valence-corrected chi connectivity index (χ2v) is 6.23. The monoisotopic (exact) mass is 357 g/mol. The van der Waals surface area contributed by atoms with Gasteiger partial charge in [0, 0.05) is 23.7 Å². The quantitative estimate of drug-likeness (QED) is 0.625. The standard InChI is InChI=1S/C16H17Cl2NO4/c1-9(2)23-7-3-6-19-15(21)13(14(20)16(19)22)11-5-4-10(17)8-12(11)18/h4-5,8-9,20H,3,6-7H2,1-2H3. The molecule has 0 radical (unpaired) electrons. The summed E-state index contributed by atoms with van der Waals surface area (Å²) in [5.74, 6) is -1.88. The maximum Gasteiger partial charge on any atom is 0.296 e. The second kappa shape index (κ2) is 7.34. The lowest BCUT2D eigenvalue weighted by atomic mass is 10.1. The van der Waals surface area contributed by atoms with Crippen LogP contribution in [0.2, 0.25) is 10.0 Å². The number of imide groups is 1. The van der Waals surface area contributed by atoms with E-state index in [2.05, 4.69) is 0 Å². The summed E-state index contributed by atoms with van der Waals surface area (Å²) in [5.41, 5.74) is 0.189. The van der Waals surface area contributed by atoms with E-state index in [0.717, 1.165) is 4.90 Å². The van der Waals surface area contributed by atoms with Crippen LogP contribution < -0.4 is 0 Å². The molecule has 7 heteroatoms. The van der Waals surface area contributed by atoms with E-state index in [4.69, 9.17) is 27.9 Å². The summed E-state index contributed by atoms with van der Waals surface area (Å²) in [6.45, 7) is 4.40. The number of carbonyl (C=O) groups is 2. The van der Waals surface area contributed by atoms with Crippen LogP contribution >= 0.6 is 23.2 Å². The van der Waals surface area contributed by atoms with Crippen molar-refractivity contribution in [1.82, 2.24) is 4.90 Å². The van der Waals surface area contributed by atoms with Crippen LogP contribution in [-0.2, 0) is 14.3 Å². The third kappa shape index (κ3) is 3.86. The van der Waals surface area contributed by atoms with E-state index in [-0.39, 0.29) is 28.8 Å². The molecule has 1 aliphatic heterocycles. The largest absolute Gasteiger partial charge is 0.502 e. The number of rotatable bonds is 6. The van der Waals surface area contributed by atoms with Crippen molar-refractivity contribution in [1.29, 1.82) is 0 Å². The Labute approximate surface area is 144 Å². The van der Waals surface area contributed by atoms with Gasteiger partial charge in [-0.05, 0) is 32.4 Å². The molecule has 1 aromatic carbocycles. The van der Waals surface area contributed by atoms with Crippen LogP contribution in [0.5, 0.6) is 0 Å². The lowest BCUT2D eigenvalue weighted by Crippen LogP contribution is -2.33. The highest BCUT2D eigenvalue weighted by atomic mass is 35.5. The van der Waals surface area contributed by atoms with Crippen molar-refractivity contribution in [2.24, 2.45) is 0 Å². The van der Waals surface area contributed by atoms with Crippen LogP contribution in [0.3, 0.4) is 0 Å². The van der Waals surface area contributed by atoms with E-state index in [1.165, 1.54) is 12.1 Å². The lowest BCUT2D eigenvalue weighted by Gasteiger charge is -2.15. The van der Waals surface area contributed by atoms with E-state index < -0.39 is 17.6 Å². The summed E-state index contributed by atoms with van der Waals surface area (Å²) in [7, 11) is 0. The molecule has 1 aromatic rings. The number of carbonyl (C=O) groups excluding carboxylic acids is 2. The van der Waals surface area contributed by atoms with Crippen molar-refractivity contribution in [3.8, 4) is 0 Å². The fraction of sp³-hybridized carbons (Fsp3) is 0.375. The van der Waals surface area contributed by atoms with Gasteiger partial charge in [-0.2, -0.15) is 0 Å². The van der Waals surface area contributed by atoms with Gasteiger partial charge in [0.05, 0.1) is 16.7 Å². The van der Waals surface area contributed by atoms with Crippen molar-refractivity contribution < 1.29 is 19.4 Å². The van der Waals surface area contributed by atoms with Crippen molar-refractivity contribution >= 4 is 40.6 Å². The first kappa shape index (κ1) is 17.8. The average Bonchev–Trinajstić information content (AvgIpc) is 2.67. The number of ether oxygens (including phenoxy) is 1. The molecule has 1 heterocycles. The van der Waals surface area contributed by atoms with Gasteiger partial charge in [0.2, 0.25) is 0 Å². The fourth-order valence-corrected chi connectivity index (χ4v) is 2.75. The number of nitrogens with zero attached hydrogens (tertiary/aromatic N) is 1. The molecule has 2 amide bonds. The predicted octanol–water partition coefficient (Wildman–Crippen LogP) is 3.45. The summed E-state index contributed by atoms with van der Waals surface area (Å²) in [6.07, 6.45) is 0.569. The highest BCUT2D eigenvalue weighted by molar-refractivity contribution is 6.40. The molecule has 0 saturated heterocycles. The Morgan fingerprint density at radius 1 is 1.22 bits per heavy atom. The van der Waals surface area contributed by atoms with E-state index in [0.29, 0.717) is 18.1 Å². The zero-order chi connectivity index (χ0) is 17.1. The molecule has 5 nitrogen and oxygen atoms in total. The second-order valence-electron chi connectivity index (χ2n) is 5.38. The molecule has 23 heavy (non-hydrogen) atoms. The van der Waals surface area contributed by atoms with Gasteiger partial charge in [-0.25, -0.2) is 0 Å². The molecule has 0 saturated carbocycles. The van der Waals surface area contributed by atoms with E-state index in [1.807, 2.05) is 13.8 Å². The third-order valence-electron chi connectivity index (χ3n) is 3.32. The smallest absolute Gasteiger partial charge is 0.296 e. The highest BCUT2D eigenvalue weighted by Gasteiger charge is 2.39. The number of aliphatic hydroxyl groups excluding tert-OH is 1. The van der Waals surface area contributed by atoms with Gasteiger partial charge in [-0.3, -0.25) is 14.5 Å². The Bertz CT molecular complexity index is 670. The maximum atomic E-state index is 12.4. The molecule has 1 aliphatic rings.